The fraction of sp³-hybridized carbons (Fsp3) is 0.455. The highest BCUT2D eigenvalue weighted by atomic mass is 16.2. The molecule has 5 nitrogen and oxygen atoms in total. The van der Waals surface area contributed by atoms with Gasteiger partial charge in [-0.25, -0.2) is 4.98 Å². The van der Waals surface area contributed by atoms with Gasteiger partial charge in [-0.1, -0.05) is 0 Å². The van der Waals surface area contributed by atoms with Gasteiger partial charge in [0.25, 0.3) is 5.91 Å². The van der Waals surface area contributed by atoms with Gasteiger partial charge in [-0.15, -0.1) is 0 Å². The lowest BCUT2D eigenvalue weighted by Gasteiger charge is -2.27. The minimum absolute atomic E-state index is 0.0358. The molecule has 86 valence electrons. The average Bonchev–Trinajstić information content (AvgIpc) is 2.33. The number of anilines is 2. The molecule has 0 radical (unpaired) electrons. The van der Waals surface area contributed by atoms with Gasteiger partial charge in [-0.2, -0.15) is 0 Å². The lowest BCUT2D eigenvalue weighted by atomic mass is 10.1. The molecule has 0 bridgehead atoms. The van der Waals surface area contributed by atoms with Gasteiger partial charge in [0.1, 0.15) is 5.82 Å². The normalized spacial score (nSPS) is 16.1. The lowest BCUT2D eigenvalue weighted by Crippen LogP contribution is -2.36. The fourth-order valence-electron chi connectivity index (χ4n) is 1.94. The van der Waals surface area contributed by atoms with E-state index in [2.05, 4.69) is 4.98 Å². The number of piperidine rings is 1. The summed E-state index contributed by atoms with van der Waals surface area (Å²) in [6.07, 6.45) is 4.83. The molecule has 0 saturated carbocycles. The summed E-state index contributed by atoms with van der Waals surface area (Å²) in [4.78, 5) is 17.8. The van der Waals surface area contributed by atoms with Crippen molar-refractivity contribution in [2.75, 3.05) is 24.6 Å². The van der Waals surface area contributed by atoms with E-state index in [1.807, 2.05) is 4.90 Å². The van der Waals surface area contributed by atoms with Crippen LogP contribution < -0.4 is 11.5 Å². The molecule has 1 aromatic rings. The molecule has 1 saturated heterocycles. The van der Waals surface area contributed by atoms with E-state index >= 15 is 0 Å². The molecule has 1 aliphatic heterocycles. The molecule has 0 atom stereocenters. The van der Waals surface area contributed by atoms with Crippen LogP contribution in [0.15, 0.2) is 12.3 Å². The van der Waals surface area contributed by atoms with Crippen molar-refractivity contribution in [3.63, 3.8) is 0 Å². The highest BCUT2D eigenvalue weighted by molar-refractivity contribution is 6.00. The van der Waals surface area contributed by atoms with Gasteiger partial charge in [0.2, 0.25) is 0 Å². The number of nitrogens with two attached hydrogens (primary N) is 2. The Morgan fingerprint density at radius 2 is 1.94 bits per heavy atom. The Balaban J connectivity index is 2.22. The van der Waals surface area contributed by atoms with E-state index < -0.39 is 0 Å². The van der Waals surface area contributed by atoms with Gasteiger partial charge < -0.3 is 16.4 Å². The number of carbonyl (C=O) groups is 1. The van der Waals surface area contributed by atoms with E-state index in [1.54, 1.807) is 6.07 Å². The SMILES string of the molecule is Nc1nccc(C(=O)N2CCCCC2)c1N. The molecule has 2 heterocycles. The lowest BCUT2D eigenvalue weighted by molar-refractivity contribution is 0.0725. The monoisotopic (exact) mass is 220 g/mol. The van der Waals surface area contributed by atoms with Crippen LogP contribution in [0, 0.1) is 0 Å². The summed E-state index contributed by atoms with van der Waals surface area (Å²) in [6.45, 7) is 1.61. The molecular weight excluding hydrogens is 204 g/mol. The number of nitrogens with zero attached hydrogens (tertiary/aromatic N) is 2. The van der Waals surface area contributed by atoms with Gasteiger partial charge in [-0.05, 0) is 25.3 Å². The second-order valence-electron chi connectivity index (χ2n) is 4.01. The number of amides is 1. The summed E-state index contributed by atoms with van der Waals surface area (Å²) in [7, 11) is 0. The quantitative estimate of drug-likeness (QED) is 0.735. The first-order valence-corrected chi connectivity index (χ1v) is 5.49. The molecule has 0 aliphatic carbocycles. The Kier molecular flexibility index (Phi) is 2.94. The minimum Gasteiger partial charge on any atom is -0.395 e. The average molecular weight is 220 g/mol. The van der Waals surface area contributed by atoms with Crippen molar-refractivity contribution in [1.29, 1.82) is 0 Å². The molecule has 1 aliphatic rings. The molecule has 4 N–H and O–H groups in total. The second-order valence-corrected chi connectivity index (χ2v) is 4.01. The van der Waals surface area contributed by atoms with Crippen molar-refractivity contribution >= 4 is 17.4 Å². The molecule has 0 spiro atoms. The Hall–Kier alpha value is -1.78. The third kappa shape index (κ3) is 1.93. The molecule has 0 unspecified atom stereocenters. The first kappa shape index (κ1) is 10.7. The van der Waals surface area contributed by atoms with Crippen LogP contribution in [0.3, 0.4) is 0 Å². The fourth-order valence-corrected chi connectivity index (χ4v) is 1.94. The summed E-state index contributed by atoms with van der Waals surface area (Å²) >= 11 is 0. The minimum atomic E-state index is -0.0358. The smallest absolute Gasteiger partial charge is 0.256 e. The maximum atomic E-state index is 12.1. The summed E-state index contributed by atoms with van der Waals surface area (Å²) in [6, 6.07) is 1.63. The molecule has 16 heavy (non-hydrogen) atoms. The first-order chi connectivity index (χ1) is 7.70. The number of nitrogen functional groups attached to an aromatic ring is 2. The van der Waals surface area contributed by atoms with E-state index in [4.69, 9.17) is 11.5 Å². The van der Waals surface area contributed by atoms with Crippen molar-refractivity contribution in [1.82, 2.24) is 9.88 Å². The number of pyridine rings is 1. The number of hydrogen-bond donors (Lipinski definition) is 2. The van der Waals surface area contributed by atoms with Gasteiger partial charge in [-0.3, -0.25) is 4.79 Å². The molecule has 1 aromatic heterocycles. The van der Waals surface area contributed by atoms with Crippen molar-refractivity contribution < 1.29 is 4.79 Å². The molecule has 1 fully saturated rings. The van der Waals surface area contributed by atoms with Crippen molar-refractivity contribution in [2.24, 2.45) is 0 Å². The maximum absolute atomic E-state index is 12.1. The van der Waals surface area contributed by atoms with Crippen LogP contribution in [-0.2, 0) is 0 Å². The molecule has 2 rings (SSSR count). The largest absolute Gasteiger partial charge is 0.395 e. The number of carbonyl (C=O) groups excluding carboxylic acids is 1. The summed E-state index contributed by atoms with van der Waals surface area (Å²) < 4.78 is 0. The zero-order chi connectivity index (χ0) is 11.5. The Morgan fingerprint density at radius 3 is 2.62 bits per heavy atom. The van der Waals surface area contributed by atoms with E-state index in [-0.39, 0.29) is 17.4 Å². The Labute approximate surface area is 94.4 Å². The first-order valence-electron chi connectivity index (χ1n) is 5.49. The van der Waals surface area contributed by atoms with Crippen LogP contribution in [0.1, 0.15) is 29.6 Å². The Morgan fingerprint density at radius 1 is 1.25 bits per heavy atom. The van der Waals surface area contributed by atoms with Gasteiger partial charge in [0.05, 0.1) is 11.3 Å². The van der Waals surface area contributed by atoms with Crippen LogP contribution in [0.5, 0.6) is 0 Å². The third-order valence-electron chi connectivity index (χ3n) is 2.89. The number of hydrogen-bond acceptors (Lipinski definition) is 4. The van der Waals surface area contributed by atoms with Gasteiger partial charge in [0.15, 0.2) is 0 Å². The summed E-state index contributed by atoms with van der Waals surface area (Å²) in [5.41, 5.74) is 12.1. The zero-order valence-corrected chi connectivity index (χ0v) is 9.15. The van der Waals surface area contributed by atoms with Crippen molar-refractivity contribution in [3.8, 4) is 0 Å². The third-order valence-corrected chi connectivity index (χ3v) is 2.89. The Bertz CT molecular complexity index is 399. The van der Waals surface area contributed by atoms with Crippen LogP contribution in [0.25, 0.3) is 0 Å². The summed E-state index contributed by atoms with van der Waals surface area (Å²) in [5, 5.41) is 0. The van der Waals surface area contributed by atoms with Crippen LogP contribution in [0.4, 0.5) is 11.5 Å². The van der Waals surface area contributed by atoms with Gasteiger partial charge >= 0.3 is 0 Å². The second kappa shape index (κ2) is 4.38. The highest BCUT2D eigenvalue weighted by Gasteiger charge is 2.20. The van der Waals surface area contributed by atoms with E-state index in [9.17, 15) is 4.79 Å². The molecule has 1 amide bonds. The maximum Gasteiger partial charge on any atom is 0.256 e. The predicted octanol–water partition coefficient (Wildman–Crippen LogP) is 0.872. The van der Waals surface area contributed by atoms with Crippen molar-refractivity contribution in [2.45, 2.75) is 19.3 Å². The van der Waals surface area contributed by atoms with Crippen LogP contribution in [0.2, 0.25) is 0 Å². The number of rotatable bonds is 1. The van der Waals surface area contributed by atoms with E-state index in [0.717, 1.165) is 25.9 Å². The zero-order valence-electron chi connectivity index (χ0n) is 9.15. The van der Waals surface area contributed by atoms with Crippen molar-refractivity contribution in [3.05, 3.63) is 17.8 Å². The highest BCUT2D eigenvalue weighted by Crippen LogP contribution is 2.20. The standard InChI is InChI=1S/C11H16N4O/c12-9-8(4-5-14-10(9)13)11(16)15-6-2-1-3-7-15/h4-5H,1-3,6-7,12H2,(H2,13,14). The van der Waals surface area contributed by atoms with Crippen LogP contribution in [-0.4, -0.2) is 28.9 Å². The summed E-state index contributed by atoms with van der Waals surface area (Å²) in [5.74, 6) is 0.189. The van der Waals surface area contributed by atoms with Gasteiger partial charge in [0, 0.05) is 19.3 Å². The predicted molar refractivity (Wildman–Crippen MR) is 62.8 cm³/mol. The number of aromatic nitrogens is 1. The number of likely N-dealkylation sites (tertiary alicyclic amines) is 1. The topological polar surface area (TPSA) is 85.2 Å². The molecule has 0 aromatic carbocycles. The van der Waals surface area contributed by atoms with E-state index in [0.29, 0.717) is 5.56 Å². The molecular formula is C11H16N4O. The van der Waals surface area contributed by atoms with E-state index in [1.165, 1.54) is 12.6 Å². The van der Waals surface area contributed by atoms with Crippen LogP contribution >= 0.6 is 0 Å². The molecule has 5 heteroatoms.